The number of esters is 2. The maximum atomic E-state index is 14.7. The maximum absolute atomic E-state index is 14.7. The van der Waals surface area contributed by atoms with Gasteiger partial charge in [0, 0.05) is 29.1 Å². The summed E-state index contributed by atoms with van der Waals surface area (Å²) in [5, 5.41) is 64.6. The van der Waals surface area contributed by atoms with E-state index < -0.39 is 101 Å². The van der Waals surface area contributed by atoms with E-state index in [0.29, 0.717) is 4.88 Å². The van der Waals surface area contributed by atoms with Crippen molar-refractivity contribution in [3.63, 3.8) is 0 Å². The zero-order valence-corrected chi connectivity index (χ0v) is 31.4. The van der Waals surface area contributed by atoms with Gasteiger partial charge < -0.3 is 49.8 Å². The summed E-state index contributed by atoms with van der Waals surface area (Å²) in [5.74, 6) is -4.53. The van der Waals surface area contributed by atoms with E-state index in [1.165, 1.54) is 26.0 Å². The minimum Gasteiger partial charge on any atom is -0.456 e. The summed E-state index contributed by atoms with van der Waals surface area (Å²) in [4.78, 5) is 55.4. The van der Waals surface area contributed by atoms with Crippen LogP contribution in [0.15, 0.2) is 71.1 Å². The van der Waals surface area contributed by atoms with E-state index in [0.717, 1.165) is 11.3 Å². The molecule has 14 nitrogen and oxygen atoms in total. The van der Waals surface area contributed by atoms with Crippen molar-refractivity contribution in [3.05, 3.63) is 81.6 Å². The second kappa shape index (κ2) is 14.6. The number of fused-ring (bicyclic) bond motifs is 5. The molecule has 3 fully saturated rings. The Labute approximate surface area is 316 Å². The minimum atomic E-state index is -2.30. The highest BCUT2D eigenvalue weighted by molar-refractivity contribution is 7.10. The number of carbonyl (C=O) groups is 4. The number of hydrogen-bond acceptors (Lipinski definition) is 14. The Morgan fingerprint density at radius 3 is 2.39 bits per heavy atom. The van der Waals surface area contributed by atoms with Gasteiger partial charge in [-0.2, -0.15) is 0 Å². The number of thiophene rings is 1. The summed E-state index contributed by atoms with van der Waals surface area (Å²) in [6.07, 6.45) is -7.92. The number of allylic oxidation sites excluding steroid dienone is 1. The Morgan fingerprint density at radius 1 is 1.07 bits per heavy atom. The molecule has 11 atom stereocenters. The Hall–Kier alpha value is -3.96. The molecule has 2 bridgehead atoms. The van der Waals surface area contributed by atoms with E-state index in [1.54, 1.807) is 68.6 Å². The first-order valence-corrected chi connectivity index (χ1v) is 18.7. The average Bonchev–Trinajstić information content (AvgIpc) is 3.67. The molecule has 2 heterocycles. The highest BCUT2D eigenvalue weighted by Crippen LogP contribution is 2.63. The molecule has 292 valence electrons. The van der Waals surface area contributed by atoms with Crippen LogP contribution in [0.4, 0.5) is 4.79 Å². The Balaban J connectivity index is 1.43. The molecule has 0 unspecified atom stereocenters. The second-order valence-electron chi connectivity index (χ2n) is 15.3. The lowest BCUT2D eigenvalue weighted by molar-refractivity contribution is -0.343. The van der Waals surface area contributed by atoms with Crippen LogP contribution < -0.4 is 5.32 Å². The first kappa shape index (κ1) is 39.7. The number of hydrogen-bond donors (Lipinski definition) is 6. The molecule has 1 aliphatic heterocycles. The fourth-order valence-electron chi connectivity index (χ4n) is 8.89. The molecular weight excluding hydrogens is 722 g/mol. The summed E-state index contributed by atoms with van der Waals surface area (Å²) < 4.78 is 22.9. The Kier molecular flexibility index (Phi) is 10.7. The van der Waals surface area contributed by atoms with Crippen LogP contribution >= 0.6 is 11.3 Å². The summed E-state index contributed by atoms with van der Waals surface area (Å²) in [6, 6.07) is 9.84. The highest BCUT2D eigenvalue weighted by Gasteiger charge is 2.76. The Morgan fingerprint density at radius 2 is 1.78 bits per heavy atom. The number of ketones is 1. The van der Waals surface area contributed by atoms with Crippen molar-refractivity contribution in [2.75, 3.05) is 13.2 Å². The fraction of sp³-hybridized carbons (Fsp3) is 0.538. The topological polar surface area (TPSA) is 218 Å². The van der Waals surface area contributed by atoms with Crippen LogP contribution in [0.3, 0.4) is 0 Å². The van der Waals surface area contributed by atoms with Gasteiger partial charge in [-0.05, 0) is 55.5 Å². The van der Waals surface area contributed by atoms with Gasteiger partial charge in [-0.25, -0.2) is 14.4 Å². The molecule has 2 saturated carbocycles. The zero-order chi connectivity index (χ0) is 39.4. The Bertz CT molecular complexity index is 1830. The van der Waals surface area contributed by atoms with Gasteiger partial charge in [-0.15, -0.1) is 11.3 Å². The normalized spacial score (nSPS) is 35.3. The molecule has 1 saturated heterocycles. The van der Waals surface area contributed by atoms with Gasteiger partial charge in [0.05, 0.1) is 29.8 Å². The van der Waals surface area contributed by atoms with Crippen molar-refractivity contribution in [2.24, 2.45) is 16.7 Å². The molecule has 3 aliphatic carbocycles. The first-order chi connectivity index (χ1) is 25.4. The van der Waals surface area contributed by atoms with Crippen LogP contribution in [0, 0.1) is 16.7 Å². The average molecular weight is 770 g/mol. The monoisotopic (exact) mass is 769 g/mol. The number of nitrogens with one attached hydrogen (secondary N) is 1. The van der Waals surface area contributed by atoms with Crippen LogP contribution in [-0.2, 0) is 28.5 Å². The smallest absolute Gasteiger partial charge is 0.408 e. The van der Waals surface area contributed by atoms with E-state index in [4.69, 9.17) is 18.9 Å². The van der Waals surface area contributed by atoms with E-state index >= 15 is 0 Å². The number of aliphatic hydroxyl groups excluding tert-OH is 3. The number of alkyl carbamates (subject to hydrolysis) is 1. The van der Waals surface area contributed by atoms with E-state index in [-0.39, 0.29) is 36.3 Å². The number of Topliss-reactive ketones (excluding diaryl/α,β-unsaturated/α-hetero) is 1. The van der Waals surface area contributed by atoms with Crippen LogP contribution in [-0.4, -0.2) is 110 Å². The molecule has 54 heavy (non-hydrogen) atoms. The second-order valence-corrected chi connectivity index (χ2v) is 16.3. The zero-order valence-electron chi connectivity index (χ0n) is 30.6. The number of rotatable bonds is 9. The molecule has 6 rings (SSSR count). The predicted octanol–water partition coefficient (Wildman–Crippen LogP) is 2.53. The summed E-state index contributed by atoms with van der Waals surface area (Å²) >= 11 is 1.16. The number of ether oxygens (including phenoxy) is 4. The lowest BCUT2D eigenvalue weighted by Gasteiger charge is -2.66. The fourth-order valence-corrected chi connectivity index (χ4v) is 9.69. The van der Waals surface area contributed by atoms with E-state index in [1.807, 2.05) is 0 Å². The number of amides is 1. The van der Waals surface area contributed by atoms with E-state index in [9.17, 15) is 44.7 Å². The van der Waals surface area contributed by atoms with Gasteiger partial charge in [0.2, 0.25) is 0 Å². The third-order valence-electron chi connectivity index (χ3n) is 12.1. The summed E-state index contributed by atoms with van der Waals surface area (Å²) in [6.45, 7) is 7.37. The lowest BCUT2D eigenvalue weighted by Crippen LogP contribution is -2.81. The molecule has 0 radical (unpaired) electrons. The van der Waals surface area contributed by atoms with Gasteiger partial charge >= 0.3 is 18.0 Å². The van der Waals surface area contributed by atoms with Gasteiger partial charge in [0.15, 0.2) is 11.9 Å². The maximum Gasteiger partial charge on any atom is 0.408 e. The van der Waals surface area contributed by atoms with Gasteiger partial charge in [-0.3, -0.25) is 4.79 Å². The largest absolute Gasteiger partial charge is 0.456 e. The van der Waals surface area contributed by atoms with Gasteiger partial charge in [-0.1, -0.05) is 50.3 Å². The molecule has 1 aromatic heterocycles. The summed E-state index contributed by atoms with van der Waals surface area (Å²) in [5.41, 5.74) is -7.51. The van der Waals surface area contributed by atoms with Crippen molar-refractivity contribution in [3.8, 4) is 0 Å². The number of benzene rings is 1. The quantitative estimate of drug-likeness (QED) is 0.123. The van der Waals surface area contributed by atoms with Crippen molar-refractivity contribution < 1.29 is 63.7 Å². The molecule has 0 spiro atoms. The van der Waals surface area contributed by atoms with Crippen molar-refractivity contribution in [1.82, 2.24) is 5.32 Å². The molecule has 1 amide bonds. The van der Waals surface area contributed by atoms with E-state index in [2.05, 4.69) is 5.32 Å². The third kappa shape index (κ3) is 6.29. The predicted molar refractivity (Wildman–Crippen MR) is 192 cm³/mol. The minimum absolute atomic E-state index is 0.0411. The molecule has 1 aromatic carbocycles. The number of carbonyl (C=O) groups excluding carboxylic acids is 4. The molecule has 6 N–H and O–H groups in total. The lowest BCUT2D eigenvalue weighted by atomic mass is 9.44. The molecule has 4 aliphatic rings. The summed E-state index contributed by atoms with van der Waals surface area (Å²) in [7, 11) is 0. The SMILES string of the molecule is C/C=C/COC(=O)N[C@@H](c1cccs1)[C@@H](O)C(=O)O[C@H]1C[C@@]2(O)[C@@H](OC(=O)c3ccccc3)[C@@H]3[C@]4(O)CO[C@@H]4C[C@H](O)[C@@]3(C)C(=O)[C@H](O)C(=C1C)C2(C)C. The van der Waals surface area contributed by atoms with Crippen molar-refractivity contribution in [1.29, 1.82) is 0 Å². The van der Waals surface area contributed by atoms with Crippen molar-refractivity contribution in [2.45, 2.75) is 101 Å². The number of aliphatic hydroxyl groups is 5. The van der Waals surface area contributed by atoms with Crippen LogP contribution in [0.2, 0.25) is 0 Å². The first-order valence-electron chi connectivity index (χ1n) is 17.8. The highest BCUT2D eigenvalue weighted by atomic mass is 32.1. The van der Waals surface area contributed by atoms with Crippen LogP contribution in [0.5, 0.6) is 0 Å². The molecule has 2 aromatic rings. The van der Waals surface area contributed by atoms with Gasteiger partial charge in [0.1, 0.15) is 42.2 Å². The molecular formula is C39H47NO13S. The van der Waals surface area contributed by atoms with Crippen LogP contribution in [0.1, 0.15) is 68.7 Å². The van der Waals surface area contributed by atoms with Crippen LogP contribution in [0.25, 0.3) is 0 Å². The van der Waals surface area contributed by atoms with Gasteiger partial charge in [0.25, 0.3) is 0 Å². The van der Waals surface area contributed by atoms with Crippen molar-refractivity contribution >= 4 is 35.2 Å². The third-order valence-corrected chi connectivity index (χ3v) is 13.1. The standard InChI is InChI=1S/C39H47NO13S/c1-6-7-15-50-35(47)40-27(23-14-11-16-54-23)29(43)34(46)52-22-18-39(49)32(53-33(45)21-12-9-8-10-13-21)30-37(5,24(41)17-25-38(30,48)19-51-25)31(44)28(42)26(20(22)2)36(39,3)4/h6-14,16,22,24-25,27-30,32,41-43,48-49H,15,17-19H2,1-5H3,(H,40,47)/b7-6+/t22-,24-,25+,27-,28+,29+,30-,32-,37+,38-,39+/m0/s1. The molecule has 15 heteroatoms.